The molecule has 1 nitrogen and oxygen atoms in total. The first kappa shape index (κ1) is 12.5. The Kier molecular flexibility index (Phi) is 5.76. The molecule has 2 N–H and O–H groups in total. The third kappa shape index (κ3) is 3.79. The van der Waals surface area contributed by atoms with Crippen molar-refractivity contribution in [3.8, 4) is 0 Å². The van der Waals surface area contributed by atoms with Gasteiger partial charge in [-0.1, -0.05) is 43.2 Å². The van der Waals surface area contributed by atoms with E-state index in [0.717, 1.165) is 12.8 Å². The Bertz CT molecular complexity index is 248. The highest BCUT2D eigenvalue weighted by Gasteiger charge is 2.03. The van der Waals surface area contributed by atoms with Crippen molar-refractivity contribution in [3.05, 3.63) is 35.4 Å². The lowest BCUT2D eigenvalue weighted by Crippen LogP contribution is -2.09. The van der Waals surface area contributed by atoms with Crippen molar-refractivity contribution >= 4 is 12.4 Å². The Balaban J connectivity index is 0.00000144. The highest BCUT2D eigenvalue weighted by molar-refractivity contribution is 5.85. The molecule has 1 rings (SSSR count). The molecule has 1 unspecified atom stereocenters. The summed E-state index contributed by atoms with van der Waals surface area (Å²) in [5.74, 6) is 0. The quantitative estimate of drug-likeness (QED) is 0.795. The molecule has 0 aliphatic carbocycles. The fourth-order valence-corrected chi connectivity index (χ4v) is 1.38. The largest absolute Gasteiger partial charge is 0.324 e. The van der Waals surface area contributed by atoms with Crippen molar-refractivity contribution in [2.75, 3.05) is 0 Å². The third-order valence-corrected chi connectivity index (χ3v) is 2.07. The van der Waals surface area contributed by atoms with Gasteiger partial charge in [0.15, 0.2) is 0 Å². The highest BCUT2D eigenvalue weighted by Crippen LogP contribution is 2.16. The summed E-state index contributed by atoms with van der Waals surface area (Å²) in [7, 11) is 0. The van der Waals surface area contributed by atoms with Gasteiger partial charge in [0.2, 0.25) is 0 Å². The molecule has 0 radical (unpaired) electrons. The van der Waals surface area contributed by atoms with Gasteiger partial charge in [-0.25, -0.2) is 0 Å². The van der Waals surface area contributed by atoms with Crippen LogP contribution in [0.2, 0.25) is 0 Å². The van der Waals surface area contributed by atoms with E-state index in [1.54, 1.807) is 0 Å². The Labute approximate surface area is 86.7 Å². The maximum atomic E-state index is 5.97. The lowest BCUT2D eigenvalue weighted by Gasteiger charge is -2.10. The normalized spacial score (nSPS) is 11.9. The second-order valence-corrected chi connectivity index (χ2v) is 3.31. The minimum absolute atomic E-state index is 0. The zero-order valence-corrected chi connectivity index (χ0v) is 9.10. The van der Waals surface area contributed by atoms with Gasteiger partial charge in [-0.3, -0.25) is 0 Å². The van der Waals surface area contributed by atoms with Crippen molar-refractivity contribution in [3.63, 3.8) is 0 Å². The van der Waals surface area contributed by atoms with Gasteiger partial charge in [0, 0.05) is 6.04 Å². The van der Waals surface area contributed by atoms with Crippen LogP contribution in [0.3, 0.4) is 0 Å². The smallest absolute Gasteiger partial charge is 0.0294 e. The molecule has 0 amide bonds. The van der Waals surface area contributed by atoms with Crippen molar-refractivity contribution in [2.24, 2.45) is 5.73 Å². The molecule has 2 heteroatoms. The maximum Gasteiger partial charge on any atom is 0.0294 e. The van der Waals surface area contributed by atoms with E-state index in [4.69, 9.17) is 5.73 Å². The van der Waals surface area contributed by atoms with Crippen LogP contribution in [0.4, 0.5) is 0 Å². The van der Waals surface area contributed by atoms with Crippen LogP contribution < -0.4 is 5.73 Å². The predicted molar refractivity (Wildman–Crippen MR) is 60.3 cm³/mol. The van der Waals surface area contributed by atoms with Gasteiger partial charge in [-0.2, -0.15) is 0 Å². The topological polar surface area (TPSA) is 26.0 Å². The number of benzene rings is 1. The molecule has 0 spiro atoms. The standard InChI is InChI=1S/C11H17N.ClH/c1-3-5-11(12)10-7-4-6-9(2)8-10;/h4,6-8,11H,3,5,12H2,1-2H3;1H. The lowest BCUT2D eigenvalue weighted by atomic mass is 10.0. The highest BCUT2D eigenvalue weighted by atomic mass is 35.5. The molecule has 1 aromatic rings. The van der Waals surface area contributed by atoms with E-state index >= 15 is 0 Å². The van der Waals surface area contributed by atoms with Gasteiger partial charge in [0.25, 0.3) is 0 Å². The van der Waals surface area contributed by atoms with Crippen molar-refractivity contribution in [1.82, 2.24) is 0 Å². The fourth-order valence-electron chi connectivity index (χ4n) is 1.38. The van der Waals surface area contributed by atoms with E-state index in [2.05, 4.69) is 38.1 Å². The second kappa shape index (κ2) is 6.01. The van der Waals surface area contributed by atoms with Crippen LogP contribution in [0, 0.1) is 6.92 Å². The Morgan fingerprint density at radius 3 is 2.62 bits per heavy atom. The summed E-state index contributed by atoms with van der Waals surface area (Å²) in [6.07, 6.45) is 2.22. The van der Waals surface area contributed by atoms with Gasteiger partial charge < -0.3 is 5.73 Å². The van der Waals surface area contributed by atoms with E-state index in [-0.39, 0.29) is 18.4 Å². The van der Waals surface area contributed by atoms with E-state index in [9.17, 15) is 0 Å². The first-order chi connectivity index (χ1) is 5.74. The van der Waals surface area contributed by atoms with Crippen LogP contribution in [0.25, 0.3) is 0 Å². The van der Waals surface area contributed by atoms with Gasteiger partial charge in [-0.05, 0) is 18.9 Å². The minimum Gasteiger partial charge on any atom is -0.324 e. The predicted octanol–water partition coefficient (Wildman–Crippen LogP) is 3.22. The summed E-state index contributed by atoms with van der Waals surface area (Å²) in [5, 5.41) is 0. The van der Waals surface area contributed by atoms with Crippen LogP contribution >= 0.6 is 12.4 Å². The van der Waals surface area contributed by atoms with E-state index in [0.29, 0.717) is 0 Å². The maximum absolute atomic E-state index is 5.97. The molecular formula is C11H18ClN. The van der Waals surface area contributed by atoms with Crippen molar-refractivity contribution in [1.29, 1.82) is 0 Å². The summed E-state index contributed by atoms with van der Waals surface area (Å²) in [5.41, 5.74) is 8.53. The van der Waals surface area contributed by atoms with E-state index < -0.39 is 0 Å². The average molecular weight is 200 g/mol. The number of rotatable bonds is 3. The van der Waals surface area contributed by atoms with Crippen molar-refractivity contribution in [2.45, 2.75) is 32.7 Å². The van der Waals surface area contributed by atoms with Crippen LogP contribution in [-0.2, 0) is 0 Å². The molecule has 74 valence electrons. The van der Waals surface area contributed by atoms with Gasteiger partial charge >= 0.3 is 0 Å². The Morgan fingerprint density at radius 2 is 2.08 bits per heavy atom. The molecule has 0 saturated carbocycles. The number of nitrogens with two attached hydrogens (primary N) is 1. The van der Waals surface area contributed by atoms with E-state index in [1.165, 1.54) is 11.1 Å². The zero-order chi connectivity index (χ0) is 8.97. The monoisotopic (exact) mass is 199 g/mol. The van der Waals surface area contributed by atoms with Crippen LogP contribution in [-0.4, -0.2) is 0 Å². The molecule has 1 atom stereocenters. The molecular weight excluding hydrogens is 182 g/mol. The van der Waals surface area contributed by atoms with Crippen LogP contribution in [0.5, 0.6) is 0 Å². The van der Waals surface area contributed by atoms with Crippen molar-refractivity contribution < 1.29 is 0 Å². The molecule has 1 aromatic carbocycles. The first-order valence-corrected chi connectivity index (χ1v) is 4.56. The van der Waals surface area contributed by atoms with Gasteiger partial charge in [-0.15, -0.1) is 12.4 Å². The SMILES string of the molecule is CCCC(N)c1cccc(C)c1.Cl. The molecule has 0 bridgehead atoms. The van der Waals surface area contributed by atoms with Crippen LogP contribution in [0.1, 0.15) is 36.9 Å². The number of aryl methyl sites for hydroxylation is 1. The minimum atomic E-state index is 0. The van der Waals surface area contributed by atoms with Gasteiger partial charge in [0.05, 0.1) is 0 Å². The molecule has 0 aromatic heterocycles. The fraction of sp³-hybridized carbons (Fsp3) is 0.455. The number of hydrogen-bond acceptors (Lipinski definition) is 1. The summed E-state index contributed by atoms with van der Waals surface area (Å²) in [6, 6.07) is 8.66. The molecule has 0 heterocycles. The molecule has 13 heavy (non-hydrogen) atoms. The summed E-state index contributed by atoms with van der Waals surface area (Å²) < 4.78 is 0. The van der Waals surface area contributed by atoms with Gasteiger partial charge in [0.1, 0.15) is 0 Å². The molecule has 0 aliphatic heterocycles. The zero-order valence-electron chi connectivity index (χ0n) is 8.29. The average Bonchev–Trinajstić information content (AvgIpc) is 2.05. The number of hydrogen-bond donors (Lipinski definition) is 1. The summed E-state index contributed by atoms with van der Waals surface area (Å²) in [4.78, 5) is 0. The summed E-state index contributed by atoms with van der Waals surface area (Å²) >= 11 is 0. The Hall–Kier alpha value is -0.530. The number of halogens is 1. The molecule has 0 fully saturated rings. The van der Waals surface area contributed by atoms with Crippen LogP contribution in [0.15, 0.2) is 24.3 Å². The Morgan fingerprint density at radius 1 is 1.38 bits per heavy atom. The third-order valence-electron chi connectivity index (χ3n) is 2.07. The molecule has 0 saturated heterocycles. The first-order valence-electron chi connectivity index (χ1n) is 4.56. The lowest BCUT2D eigenvalue weighted by molar-refractivity contribution is 0.638. The summed E-state index contributed by atoms with van der Waals surface area (Å²) in [6.45, 7) is 4.26. The van der Waals surface area contributed by atoms with E-state index in [1.807, 2.05) is 0 Å². The molecule has 0 aliphatic rings. The second-order valence-electron chi connectivity index (χ2n) is 3.31.